The molecule has 1 unspecified atom stereocenters. The van der Waals surface area contributed by atoms with Crippen LogP contribution in [0.15, 0.2) is 4.42 Å². The van der Waals surface area contributed by atoms with Gasteiger partial charge in [-0.3, -0.25) is 9.69 Å². The summed E-state index contributed by atoms with van der Waals surface area (Å²) in [5, 5.41) is 8.45. The molecule has 3 N–H and O–H groups in total. The van der Waals surface area contributed by atoms with E-state index in [-0.39, 0.29) is 17.5 Å². The number of carbonyl (C=O) groups is 2. The average Bonchev–Trinajstić information content (AvgIpc) is 2.90. The fourth-order valence-electron chi connectivity index (χ4n) is 3.17. The van der Waals surface area contributed by atoms with E-state index in [0.717, 1.165) is 49.8 Å². The number of aryl methyl sites for hydroxylation is 2. The Morgan fingerprint density at radius 2 is 1.89 bits per heavy atom. The van der Waals surface area contributed by atoms with Gasteiger partial charge in [-0.05, 0) is 73.4 Å². The van der Waals surface area contributed by atoms with Crippen LogP contribution in [0.1, 0.15) is 57.9 Å². The Morgan fingerprint density at radius 3 is 2.43 bits per heavy atom. The molecule has 0 aromatic carbocycles. The predicted molar refractivity (Wildman–Crippen MR) is 108 cm³/mol. The fourth-order valence-corrected chi connectivity index (χ4v) is 3.17. The van der Waals surface area contributed by atoms with Crippen molar-refractivity contribution in [2.45, 2.75) is 72.5 Å². The van der Waals surface area contributed by atoms with Gasteiger partial charge in [-0.25, -0.2) is 9.78 Å². The minimum Gasteiger partial charge on any atom is -0.444 e. The largest absolute Gasteiger partial charge is 0.444 e. The first-order chi connectivity index (χ1) is 13.0. The van der Waals surface area contributed by atoms with Crippen LogP contribution in [0.4, 0.5) is 4.79 Å². The van der Waals surface area contributed by atoms with Crippen LogP contribution in [0.25, 0.3) is 0 Å². The summed E-state index contributed by atoms with van der Waals surface area (Å²) in [7, 11) is 0. The summed E-state index contributed by atoms with van der Waals surface area (Å²) in [4.78, 5) is 30.9. The molecule has 0 bridgehead atoms. The van der Waals surface area contributed by atoms with Gasteiger partial charge in [0.25, 0.3) is 0 Å². The van der Waals surface area contributed by atoms with Crippen molar-refractivity contribution in [1.29, 1.82) is 0 Å². The molecule has 1 aliphatic heterocycles. The predicted octanol–water partition coefficient (Wildman–Crippen LogP) is 2.11. The van der Waals surface area contributed by atoms with Gasteiger partial charge in [-0.15, -0.1) is 0 Å². The number of urea groups is 1. The second-order valence-corrected chi connectivity index (χ2v) is 8.78. The lowest BCUT2D eigenvalue weighted by molar-refractivity contribution is -0.123. The minimum absolute atomic E-state index is 0.187. The summed E-state index contributed by atoms with van der Waals surface area (Å²) >= 11 is 0. The van der Waals surface area contributed by atoms with Crippen LogP contribution in [0, 0.1) is 19.8 Å². The van der Waals surface area contributed by atoms with Crippen molar-refractivity contribution in [2.75, 3.05) is 19.6 Å². The van der Waals surface area contributed by atoms with Gasteiger partial charge in [0.1, 0.15) is 11.8 Å². The first-order valence-electron chi connectivity index (χ1n) is 10.0. The number of hydrogen-bond acceptors (Lipinski definition) is 5. The maximum atomic E-state index is 12.1. The molecule has 2 rings (SSSR count). The van der Waals surface area contributed by atoms with E-state index in [0.29, 0.717) is 12.5 Å². The lowest BCUT2D eigenvalue weighted by atomic mass is 9.97. The maximum Gasteiger partial charge on any atom is 0.315 e. The third-order valence-corrected chi connectivity index (χ3v) is 4.93. The zero-order chi connectivity index (χ0) is 20.9. The molecule has 28 heavy (non-hydrogen) atoms. The highest BCUT2D eigenvalue weighted by molar-refractivity contribution is 5.87. The van der Waals surface area contributed by atoms with Gasteiger partial charge in [0.2, 0.25) is 11.8 Å². The molecule has 8 nitrogen and oxygen atoms in total. The molecule has 1 aromatic rings. The van der Waals surface area contributed by atoms with E-state index >= 15 is 0 Å². The Morgan fingerprint density at radius 1 is 1.25 bits per heavy atom. The highest BCUT2D eigenvalue weighted by atomic mass is 16.4. The summed E-state index contributed by atoms with van der Waals surface area (Å²) < 4.78 is 5.66. The lowest BCUT2D eigenvalue weighted by Gasteiger charge is -2.31. The van der Waals surface area contributed by atoms with Crippen LogP contribution >= 0.6 is 0 Å². The third kappa shape index (κ3) is 7.14. The van der Waals surface area contributed by atoms with Gasteiger partial charge in [-0.2, -0.15) is 0 Å². The number of aromatic nitrogens is 1. The standard InChI is InChI=1S/C20H35N5O3/c1-13-15(3)28-17(22-13)12-25-9-7-16(8-10-25)11-21-19(27)23-14(2)18(26)24-20(4,5)6/h14,16H,7-12H2,1-6H3,(H,24,26)(H2,21,23,27). The van der Waals surface area contributed by atoms with Crippen molar-refractivity contribution in [3.63, 3.8) is 0 Å². The number of amides is 3. The molecule has 0 spiro atoms. The third-order valence-electron chi connectivity index (χ3n) is 4.93. The van der Waals surface area contributed by atoms with E-state index < -0.39 is 6.04 Å². The molecule has 1 fully saturated rings. The van der Waals surface area contributed by atoms with Crippen LogP contribution in [-0.2, 0) is 11.3 Å². The van der Waals surface area contributed by atoms with Gasteiger partial charge in [0, 0.05) is 12.1 Å². The molecule has 8 heteroatoms. The molecule has 1 atom stereocenters. The van der Waals surface area contributed by atoms with Crippen molar-refractivity contribution < 1.29 is 14.0 Å². The molecule has 158 valence electrons. The summed E-state index contributed by atoms with van der Waals surface area (Å²) in [5.41, 5.74) is 0.630. The van der Waals surface area contributed by atoms with Crippen LogP contribution in [0.2, 0.25) is 0 Å². The van der Waals surface area contributed by atoms with E-state index in [4.69, 9.17) is 4.42 Å². The second kappa shape index (κ2) is 9.41. The average molecular weight is 394 g/mol. The summed E-state index contributed by atoms with van der Waals surface area (Å²) in [6.45, 7) is 14.6. The SMILES string of the molecule is Cc1nc(CN2CCC(CNC(=O)NC(C)C(=O)NC(C)(C)C)CC2)oc1C. The van der Waals surface area contributed by atoms with E-state index in [1.807, 2.05) is 34.6 Å². The molecular formula is C20H35N5O3. The van der Waals surface area contributed by atoms with Gasteiger partial charge in [0.05, 0.1) is 12.2 Å². The van der Waals surface area contributed by atoms with E-state index in [1.165, 1.54) is 0 Å². The van der Waals surface area contributed by atoms with Crippen LogP contribution in [0.5, 0.6) is 0 Å². The van der Waals surface area contributed by atoms with Crippen molar-refractivity contribution in [3.05, 3.63) is 17.3 Å². The molecule has 0 radical (unpaired) electrons. The normalized spacial score (nSPS) is 17.2. The Hall–Kier alpha value is -2.09. The van der Waals surface area contributed by atoms with E-state index in [1.54, 1.807) is 6.92 Å². The summed E-state index contributed by atoms with van der Waals surface area (Å²) in [5.74, 6) is 1.90. The molecule has 2 heterocycles. The number of nitrogens with one attached hydrogen (secondary N) is 3. The summed E-state index contributed by atoms with van der Waals surface area (Å²) in [6.07, 6.45) is 2.03. The Kier molecular flexibility index (Phi) is 7.46. The number of rotatable bonds is 6. The Balaban J connectivity index is 1.66. The van der Waals surface area contributed by atoms with Crippen molar-refractivity contribution in [1.82, 2.24) is 25.8 Å². The van der Waals surface area contributed by atoms with Crippen molar-refractivity contribution in [3.8, 4) is 0 Å². The number of piperidine rings is 1. The topological polar surface area (TPSA) is 99.5 Å². The number of likely N-dealkylation sites (tertiary alicyclic amines) is 1. The molecule has 3 amide bonds. The number of nitrogens with zero attached hydrogens (tertiary/aromatic N) is 2. The highest BCUT2D eigenvalue weighted by Gasteiger charge is 2.23. The molecule has 1 aliphatic rings. The van der Waals surface area contributed by atoms with Gasteiger partial charge in [0.15, 0.2) is 0 Å². The van der Waals surface area contributed by atoms with E-state index in [9.17, 15) is 9.59 Å². The molecule has 1 saturated heterocycles. The van der Waals surface area contributed by atoms with Crippen LogP contribution < -0.4 is 16.0 Å². The molecule has 1 aromatic heterocycles. The van der Waals surface area contributed by atoms with Gasteiger partial charge >= 0.3 is 6.03 Å². The molecular weight excluding hydrogens is 358 g/mol. The fraction of sp³-hybridized carbons (Fsp3) is 0.750. The quantitative estimate of drug-likeness (QED) is 0.687. The van der Waals surface area contributed by atoms with E-state index in [2.05, 4.69) is 25.8 Å². The van der Waals surface area contributed by atoms with Crippen LogP contribution in [-0.4, -0.2) is 53.0 Å². The zero-order valence-electron chi connectivity index (χ0n) is 18.0. The number of oxazole rings is 1. The first-order valence-corrected chi connectivity index (χ1v) is 10.0. The Labute approximate surface area is 167 Å². The van der Waals surface area contributed by atoms with Crippen molar-refractivity contribution >= 4 is 11.9 Å². The zero-order valence-corrected chi connectivity index (χ0v) is 18.0. The lowest BCUT2D eigenvalue weighted by Crippen LogP contribution is -2.53. The maximum absolute atomic E-state index is 12.1. The van der Waals surface area contributed by atoms with Gasteiger partial charge in [-0.1, -0.05) is 0 Å². The monoisotopic (exact) mass is 393 g/mol. The Bertz CT molecular complexity index is 652. The summed E-state index contributed by atoms with van der Waals surface area (Å²) in [6, 6.07) is -0.876. The van der Waals surface area contributed by atoms with Gasteiger partial charge < -0.3 is 20.4 Å². The molecule has 0 saturated carbocycles. The minimum atomic E-state index is -0.575. The smallest absolute Gasteiger partial charge is 0.315 e. The molecule has 0 aliphatic carbocycles. The van der Waals surface area contributed by atoms with Crippen molar-refractivity contribution in [2.24, 2.45) is 5.92 Å². The highest BCUT2D eigenvalue weighted by Crippen LogP contribution is 2.19. The van der Waals surface area contributed by atoms with Crippen LogP contribution in [0.3, 0.4) is 0 Å². The number of hydrogen-bond donors (Lipinski definition) is 3. The number of carbonyl (C=O) groups excluding carboxylic acids is 2. The first kappa shape index (κ1) is 22.2. The second-order valence-electron chi connectivity index (χ2n) is 8.78.